The molecule has 0 spiro atoms. The molecule has 1 unspecified atom stereocenters. The molecule has 0 radical (unpaired) electrons. The van der Waals surface area contributed by atoms with Crippen molar-refractivity contribution in [1.29, 1.82) is 0 Å². The van der Waals surface area contributed by atoms with Crippen molar-refractivity contribution in [2.24, 2.45) is 5.92 Å². The van der Waals surface area contributed by atoms with Gasteiger partial charge in [0.1, 0.15) is 0 Å². The fourth-order valence-corrected chi connectivity index (χ4v) is 2.95. The Labute approximate surface area is 132 Å². The van der Waals surface area contributed by atoms with Crippen molar-refractivity contribution in [2.45, 2.75) is 25.8 Å². The van der Waals surface area contributed by atoms with Gasteiger partial charge in [-0.3, -0.25) is 0 Å². The van der Waals surface area contributed by atoms with Crippen molar-refractivity contribution < 1.29 is 4.42 Å². The fourth-order valence-electron chi connectivity index (χ4n) is 2.49. The maximum atomic E-state index is 5.71. The lowest BCUT2D eigenvalue weighted by atomic mass is 9.94. The molecule has 1 aromatic heterocycles. The van der Waals surface area contributed by atoms with Crippen LogP contribution in [0.15, 0.2) is 45.3 Å². The molecule has 5 heteroatoms. The normalized spacial score (nSPS) is 18.0. The van der Waals surface area contributed by atoms with Crippen LogP contribution in [-0.4, -0.2) is 16.7 Å². The highest BCUT2D eigenvalue weighted by Crippen LogP contribution is 2.26. The number of aromatic nitrogens is 2. The first-order valence-electron chi connectivity index (χ1n) is 7.26. The molecule has 21 heavy (non-hydrogen) atoms. The second-order valence-corrected chi connectivity index (χ2v) is 6.12. The summed E-state index contributed by atoms with van der Waals surface area (Å²) in [5, 5.41) is 11.6. The van der Waals surface area contributed by atoms with E-state index >= 15 is 0 Å². The van der Waals surface area contributed by atoms with E-state index < -0.39 is 0 Å². The Kier molecular flexibility index (Phi) is 4.83. The Morgan fingerprint density at radius 2 is 2.14 bits per heavy atom. The average Bonchev–Trinajstić information content (AvgIpc) is 2.97. The highest BCUT2D eigenvalue weighted by atomic mass is 79.9. The van der Waals surface area contributed by atoms with Gasteiger partial charge in [-0.15, -0.1) is 10.2 Å². The predicted molar refractivity (Wildman–Crippen MR) is 85.6 cm³/mol. The average molecular weight is 348 g/mol. The second kappa shape index (κ2) is 7.00. The summed E-state index contributed by atoms with van der Waals surface area (Å²) in [6.07, 6.45) is 8.15. The van der Waals surface area contributed by atoms with Crippen LogP contribution in [0.3, 0.4) is 0 Å². The van der Waals surface area contributed by atoms with Crippen LogP contribution >= 0.6 is 15.9 Å². The zero-order chi connectivity index (χ0) is 14.5. The third kappa shape index (κ3) is 3.80. The van der Waals surface area contributed by atoms with E-state index in [9.17, 15) is 0 Å². The summed E-state index contributed by atoms with van der Waals surface area (Å²) in [7, 11) is 0. The minimum atomic E-state index is 0.555. The predicted octanol–water partition coefficient (Wildman–Crippen LogP) is 3.95. The van der Waals surface area contributed by atoms with Crippen LogP contribution in [-0.2, 0) is 6.54 Å². The standard InChI is InChI=1S/C16H18BrN3O/c17-14-9-5-4-8-13(14)16-20-19-15(21-16)11-18-10-12-6-2-1-3-7-12/h1-2,4-5,8-9,12,18H,3,6-7,10-11H2. The maximum Gasteiger partial charge on any atom is 0.248 e. The molecule has 0 saturated heterocycles. The van der Waals surface area contributed by atoms with Gasteiger partial charge in [0.15, 0.2) is 0 Å². The van der Waals surface area contributed by atoms with Crippen LogP contribution in [0.1, 0.15) is 25.2 Å². The lowest BCUT2D eigenvalue weighted by molar-refractivity contribution is 0.413. The summed E-state index contributed by atoms with van der Waals surface area (Å²) in [4.78, 5) is 0. The van der Waals surface area contributed by atoms with Gasteiger partial charge in [-0.25, -0.2) is 0 Å². The van der Waals surface area contributed by atoms with E-state index in [4.69, 9.17) is 4.42 Å². The van der Waals surface area contributed by atoms with E-state index in [1.54, 1.807) is 0 Å². The Morgan fingerprint density at radius 1 is 1.24 bits per heavy atom. The van der Waals surface area contributed by atoms with Gasteiger partial charge in [-0.1, -0.05) is 24.3 Å². The quantitative estimate of drug-likeness (QED) is 0.832. The zero-order valence-corrected chi connectivity index (χ0v) is 13.3. The van der Waals surface area contributed by atoms with Crippen LogP contribution in [0.25, 0.3) is 11.5 Å². The minimum Gasteiger partial charge on any atom is -0.419 e. The van der Waals surface area contributed by atoms with Crippen LogP contribution in [0.2, 0.25) is 0 Å². The molecular formula is C16H18BrN3O. The number of allylic oxidation sites excluding steroid dienone is 2. The molecule has 0 saturated carbocycles. The monoisotopic (exact) mass is 347 g/mol. The van der Waals surface area contributed by atoms with Crippen LogP contribution in [0, 0.1) is 5.92 Å². The fraction of sp³-hybridized carbons (Fsp3) is 0.375. The van der Waals surface area contributed by atoms with E-state index in [0.717, 1.165) is 22.5 Å². The lowest BCUT2D eigenvalue weighted by Gasteiger charge is -2.17. The van der Waals surface area contributed by atoms with E-state index in [-0.39, 0.29) is 0 Å². The number of nitrogens with one attached hydrogen (secondary N) is 1. The molecule has 4 nitrogen and oxygen atoms in total. The van der Waals surface area contributed by atoms with Gasteiger partial charge in [0, 0.05) is 4.47 Å². The van der Waals surface area contributed by atoms with Gasteiger partial charge in [0.05, 0.1) is 12.1 Å². The Hall–Kier alpha value is -1.46. The van der Waals surface area contributed by atoms with Crippen molar-refractivity contribution in [3.05, 3.63) is 46.8 Å². The summed E-state index contributed by atoms with van der Waals surface area (Å²) < 4.78 is 6.67. The zero-order valence-electron chi connectivity index (χ0n) is 11.8. The molecular weight excluding hydrogens is 330 g/mol. The van der Waals surface area contributed by atoms with Gasteiger partial charge in [-0.2, -0.15) is 0 Å². The number of halogens is 1. The number of benzene rings is 1. The van der Waals surface area contributed by atoms with Crippen molar-refractivity contribution >= 4 is 15.9 Å². The SMILES string of the molecule is Brc1ccccc1-c1nnc(CNCC2CC=CCC2)o1. The number of nitrogens with zero attached hydrogens (tertiary/aromatic N) is 2. The molecule has 1 aliphatic carbocycles. The summed E-state index contributed by atoms with van der Waals surface area (Å²) in [5.74, 6) is 1.91. The third-order valence-electron chi connectivity index (χ3n) is 3.66. The molecule has 1 N–H and O–H groups in total. The van der Waals surface area contributed by atoms with Gasteiger partial charge in [-0.05, 0) is 59.8 Å². The van der Waals surface area contributed by atoms with Gasteiger partial charge in [0.2, 0.25) is 11.8 Å². The van der Waals surface area contributed by atoms with Crippen molar-refractivity contribution in [1.82, 2.24) is 15.5 Å². The molecule has 0 bridgehead atoms. The molecule has 0 aliphatic heterocycles. The molecule has 1 atom stereocenters. The Morgan fingerprint density at radius 3 is 2.95 bits per heavy atom. The van der Waals surface area contributed by atoms with Gasteiger partial charge in [0.25, 0.3) is 0 Å². The molecule has 1 aliphatic rings. The summed E-state index contributed by atoms with van der Waals surface area (Å²) in [6, 6.07) is 7.85. The molecule has 0 amide bonds. The van der Waals surface area contributed by atoms with Crippen LogP contribution in [0.5, 0.6) is 0 Å². The molecule has 2 aromatic rings. The summed E-state index contributed by atoms with van der Waals surface area (Å²) >= 11 is 3.50. The smallest absolute Gasteiger partial charge is 0.248 e. The number of rotatable bonds is 5. The number of hydrogen-bond acceptors (Lipinski definition) is 4. The molecule has 1 aromatic carbocycles. The van der Waals surface area contributed by atoms with Crippen molar-refractivity contribution in [3.8, 4) is 11.5 Å². The Bertz CT molecular complexity index is 623. The number of hydrogen-bond donors (Lipinski definition) is 1. The topological polar surface area (TPSA) is 51.0 Å². The first kappa shape index (κ1) is 14.5. The first-order valence-corrected chi connectivity index (χ1v) is 8.05. The van der Waals surface area contributed by atoms with Gasteiger partial charge < -0.3 is 9.73 Å². The second-order valence-electron chi connectivity index (χ2n) is 5.26. The Balaban J connectivity index is 1.56. The van der Waals surface area contributed by atoms with Crippen molar-refractivity contribution in [3.63, 3.8) is 0 Å². The molecule has 3 rings (SSSR count). The minimum absolute atomic E-state index is 0.555. The highest BCUT2D eigenvalue weighted by Gasteiger charge is 2.12. The molecule has 110 valence electrons. The van der Waals surface area contributed by atoms with E-state index in [1.807, 2.05) is 24.3 Å². The summed E-state index contributed by atoms with van der Waals surface area (Å²) in [6.45, 7) is 1.62. The maximum absolute atomic E-state index is 5.71. The summed E-state index contributed by atoms with van der Waals surface area (Å²) in [5.41, 5.74) is 0.925. The van der Waals surface area contributed by atoms with Crippen LogP contribution in [0.4, 0.5) is 0 Å². The largest absolute Gasteiger partial charge is 0.419 e. The molecule has 0 fully saturated rings. The van der Waals surface area contributed by atoms with Crippen LogP contribution < -0.4 is 5.32 Å². The van der Waals surface area contributed by atoms with E-state index in [1.165, 1.54) is 19.3 Å². The third-order valence-corrected chi connectivity index (χ3v) is 4.35. The lowest BCUT2D eigenvalue weighted by Crippen LogP contribution is -2.23. The van der Waals surface area contributed by atoms with Crippen molar-refractivity contribution in [2.75, 3.05) is 6.54 Å². The highest BCUT2D eigenvalue weighted by molar-refractivity contribution is 9.10. The van der Waals surface area contributed by atoms with E-state index in [2.05, 4.69) is 43.6 Å². The first-order chi connectivity index (χ1) is 10.3. The molecule has 1 heterocycles. The van der Waals surface area contributed by atoms with E-state index in [0.29, 0.717) is 18.3 Å². The van der Waals surface area contributed by atoms with Gasteiger partial charge >= 0.3 is 0 Å².